The van der Waals surface area contributed by atoms with Crippen molar-refractivity contribution in [3.8, 4) is 0 Å². The third kappa shape index (κ3) is 8.91. The molecule has 0 aromatic heterocycles. The molecule has 1 amide bonds. The van der Waals surface area contributed by atoms with Crippen LogP contribution in [0.25, 0.3) is 0 Å². The molecule has 1 rings (SSSR count). The maximum atomic E-state index is 11.8. The van der Waals surface area contributed by atoms with Crippen LogP contribution < -0.4 is 5.32 Å². The van der Waals surface area contributed by atoms with Crippen LogP contribution in [0.2, 0.25) is 0 Å². The van der Waals surface area contributed by atoms with Gasteiger partial charge in [0.25, 0.3) is 0 Å². The minimum Gasteiger partial charge on any atom is -0.444 e. The summed E-state index contributed by atoms with van der Waals surface area (Å²) in [6.07, 6.45) is 5.90. The Morgan fingerprint density at radius 3 is 2.44 bits per heavy atom. The zero-order valence-electron chi connectivity index (χ0n) is 16.6. The van der Waals surface area contributed by atoms with Gasteiger partial charge in [0.15, 0.2) is 0 Å². The first-order chi connectivity index (χ1) is 11.7. The number of nitrogens with zero attached hydrogens (tertiary/aromatic N) is 2. The number of amides is 1. The van der Waals surface area contributed by atoms with Gasteiger partial charge >= 0.3 is 6.09 Å². The molecule has 0 aliphatic carbocycles. The molecule has 1 aliphatic rings. The average molecular weight is 353 g/mol. The van der Waals surface area contributed by atoms with Gasteiger partial charge in [-0.2, -0.15) is 0 Å². The van der Waals surface area contributed by atoms with Gasteiger partial charge in [-0.05, 0) is 52.7 Å². The minimum atomic E-state index is -0.465. The van der Waals surface area contributed by atoms with Crippen LogP contribution in [0.3, 0.4) is 0 Å². The predicted molar refractivity (Wildman–Crippen MR) is 103 cm³/mol. The fraction of sp³-hybridized carbons (Fsp3) is 0.789. The van der Waals surface area contributed by atoms with E-state index in [1.54, 1.807) is 0 Å². The van der Waals surface area contributed by atoms with E-state index in [4.69, 9.17) is 10.1 Å². The maximum Gasteiger partial charge on any atom is 0.407 e. The zero-order chi connectivity index (χ0) is 18.9. The second-order valence-corrected chi connectivity index (χ2v) is 7.81. The summed E-state index contributed by atoms with van der Waals surface area (Å²) in [5.74, 6) is 0.411. The fourth-order valence-corrected chi connectivity index (χ4v) is 2.88. The lowest BCUT2D eigenvalue weighted by Gasteiger charge is -2.36. The summed E-state index contributed by atoms with van der Waals surface area (Å²) < 4.78 is 5.30. The van der Waals surface area contributed by atoms with Crippen molar-refractivity contribution in [1.29, 1.82) is 5.41 Å². The monoisotopic (exact) mass is 352 g/mol. The molecule has 1 unspecified atom stereocenters. The summed E-state index contributed by atoms with van der Waals surface area (Å²) in [5.41, 5.74) is 0.770. The van der Waals surface area contributed by atoms with Crippen molar-refractivity contribution in [3.63, 3.8) is 0 Å². The van der Waals surface area contributed by atoms with Gasteiger partial charge in [-0.3, -0.25) is 0 Å². The molecular formula is C19H36N4O2. The van der Waals surface area contributed by atoms with Crippen LogP contribution in [-0.4, -0.2) is 67.5 Å². The summed E-state index contributed by atoms with van der Waals surface area (Å²) in [5, 5.41) is 10.3. The Labute approximate surface area is 153 Å². The van der Waals surface area contributed by atoms with E-state index in [2.05, 4.69) is 29.1 Å². The number of carbonyl (C=O) groups is 1. The Kier molecular flexibility index (Phi) is 8.97. The molecule has 0 saturated carbocycles. The van der Waals surface area contributed by atoms with Gasteiger partial charge < -0.3 is 25.3 Å². The first-order valence-electron chi connectivity index (χ1n) is 9.35. The summed E-state index contributed by atoms with van der Waals surface area (Å²) in [6, 6.07) is 0. The third-order valence-corrected chi connectivity index (χ3v) is 4.51. The van der Waals surface area contributed by atoms with Gasteiger partial charge in [0.05, 0.1) is 0 Å². The molecule has 1 heterocycles. The molecule has 144 valence electrons. The number of nitrogens with one attached hydrogen (secondary N) is 2. The Morgan fingerprint density at radius 2 is 1.92 bits per heavy atom. The van der Waals surface area contributed by atoms with Crippen LogP contribution in [0, 0.1) is 11.3 Å². The molecule has 0 aromatic carbocycles. The molecule has 25 heavy (non-hydrogen) atoms. The van der Waals surface area contributed by atoms with E-state index >= 15 is 0 Å². The van der Waals surface area contributed by atoms with E-state index in [9.17, 15) is 4.79 Å². The average Bonchev–Trinajstić information content (AvgIpc) is 2.53. The second-order valence-electron chi connectivity index (χ2n) is 7.81. The molecule has 0 spiro atoms. The Bertz CT molecular complexity index is 449. The molecule has 2 N–H and O–H groups in total. The molecule has 1 atom stereocenters. The lowest BCUT2D eigenvalue weighted by molar-refractivity contribution is 0.0518. The van der Waals surface area contributed by atoms with Crippen LogP contribution in [0.4, 0.5) is 4.79 Å². The molecule has 1 fully saturated rings. The Balaban J connectivity index is 2.46. The van der Waals surface area contributed by atoms with Crippen molar-refractivity contribution in [3.05, 3.63) is 11.8 Å². The summed E-state index contributed by atoms with van der Waals surface area (Å²) in [6.45, 7) is 12.5. The number of carbonyl (C=O) groups excluding carboxylic acids is 1. The molecule has 1 saturated heterocycles. The summed E-state index contributed by atoms with van der Waals surface area (Å²) in [7, 11) is 2.15. The highest BCUT2D eigenvalue weighted by molar-refractivity contribution is 5.68. The number of likely N-dealkylation sites (N-methyl/N-ethyl adjacent to an activating group) is 1. The molecule has 6 nitrogen and oxygen atoms in total. The van der Waals surface area contributed by atoms with Crippen molar-refractivity contribution in [1.82, 2.24) is 15.1 Å². The molecular weight excluding hydrogens is 316 g/mol. The van der Waals surface area contributed by atoms with Crippen LogP contribution in [0.5, 0.6) is 0 Å². The second kappa shape index (κ2) is 10.4. The van der Waals surface area contributed by atoms with Crippen molar-refractivity contribution in [2.24, 2.45) is 5.92 Å². The predicted octanol–water partition coefficient (Wildman–Crippen LogP) is 3.10. The van der Waals surface area contributed by atoms with Crippen molar-refractivity contribution in [2.45, 2.75) is 52.6 Å². The van der Waals surface area contributed by atoms with Crippen molar-refractivity contribution in [2.75, 3.05) is 39.8 Å². The quantitative estimate of drug-likeness (QED) is 0.659. The van der Waals surface area contributed by atoms with Gasteiger partial charge in [0, 0.05) is 44.6 Å². The highest BCUT2D eigenvalue weighted by atomic mass is 16.6. The van der Waals surface area contributed by atoms with Gasteiger partial charge in [0.2, 0.25) is 0 Å². The number of hydrogen-bond acceptors (Lipinski definition) is 5. The van der Waals surface area contributed by atoms with Gasteiger partial charge in [-0.1, -0.05) is 13.3 Å². The Morgan fingerprint density at radius 1 is 1.28 bits per heavy atom. The number of allylic oxidation sites excluding steroid dienone is 2. The molecule has 6 heteroatoms. The highest BCUT2D eigenvalue weighted by Gasteiger charge is 2.19. The maximum absolute atomic E-state index is 11.8. The van der Waals surface area contributed by atoms with E-state index in [-0.39, 0.29) is 6.09 Å². The van der Waals surface area contributed by atoms with Crippen molar-refractivity contribution < 1.29 is 9.53 Å². The lowest BCUT2D eigenvalue weighted by Crippen LogP contribution is -2.44. The fourth-order valence-electron chi connectivity index (χ4n) is 2.88. The number of piperazine rings is 1. The van der Waals surface area contributed by atoms with E-state index in [1.165, 1.54) is 11.9 Å². The van der Waals surface area contributed by atoms with Crippen LogP contribution in [0.15, 0.2) is 11.8 Å². The smallest absolute Gasteiger partial charge is 0.407 e. The van der Waals surface area contributed by atoms with Crippen molar-refractivity contribution >= 4 is 12.3 Å². The molecule has 0 aromatic rings. The lowest BCUT2D eigenvalue weighted by atomic mass is 9.98. The topological polar surface area (TPSA) is 68.7 Å². The van der Waals surface area contributed by atoms with E-state index in [1.807, 2.05) is 26.8 Å². The largest absolute Gasteiger partial charge is 0.444 e. The molecule has 1 aliphatic heterocycles. The van der Waals surface area contributed by atoms with E-state index in [0.29, 0.717) is 12.5 Å². The number of hydrogen-bond donors (Lipinski definition) is 2. The zero-order valence-corrected chi connectivity index (χ0v) is 16.6. The van der Waals surface area contributed by atoms with Gasteiger partial charge in [-0.15, -0.1) is 0 Å². The number of rotatable bonds is 8. The van der Waals surface area contributed by atoms with E-state index < -0.39 is 5.60 Å². The minimum absolute atomic E-state index is 0.347. The number of alkyl carbamates (subject to hydrolysis) is 1. The van der Waals surface area contributed by atoms with Gasteiger partial charge in [-0.25, -0.2) is 4.79 Å². The SMILES string of the molecule is CCC(CC/C(=C\C=N)N1CCN(C)CC1)CNC(=O)OC(C)(C)C. The normalized spacial score (nSPS) is 18.0. The molecule has 0 bridgehead atoms. The first kappa shape index (κ1) is 21.5. The first-order valence-corrected chi connectivity index (χ1v) is 9.35. The number of ether oxygens (including phenoxy) is 1. The standard InChI is InChI=1S/C19H36N4O2/c1-6-16(15-21-18(24)25-19(2,3)4)7-8-17(9-10-20)23-13-11-22(5)12-14-23/h9-10,16,20H,6-8,11-15H2,1-5H3,(H,21,24)/b17-9+,20-10?. The Hall–Kier alpha value is -1.56. The highest BCUT2D eigenvalue weighted by Crippen LogP contribution is 2.19. The van der Waals surface area contributed by atoms with Gasteiger partial charge in [0.1, 0.15) is 5.60 Å². The summed E-state index contributed by atoms with van der Waals surface area (Å²) >= 11 is 0. The molecule has 0 radical (unpaired) electrons. The van der Waals surface area contributed by atoms with Crippen LogP contribution in [-0.2, 0) is 4.74 Å². The van der Waals surface area contributed by atoms with Crippen LogP contribution >= 0.6 is 0 Å². The summed E-state index contributed by atoms with van der Waals surface area (Å²) in [4.78, 5) is 16.5. The van der Waals surface area contributed by atoms with Crippen LogP contribution in [0.1, 0.15) is 47.0 Å². The van der Waals surface area contributed by atoms with E-state index in [0.717, 1.165) is 45.4 Å². The third-order valence-electron chi connectivity index (χ3n) is 4.51.